The number of alkyl halides is 2. The molecule has 0 aliphatic heterocycles. The van der Waals surface area contributed by atoms with E-state index >= 15 is 0 Å². The lowest BCUT2D eigenvalue weighted by Crippen LogP contribution is -2.43. The second-order valence-corrected chi connectivity index (χ2v) is 7.62. The number of hydrogen-bond acceptors (Lipinski definition) is 7. The highest BCUT2D eigenvalue weighted by atomic mass is 32.2. The normalized spacial score (nSPS) is 11.0. The van der Waals surface area contributed by atoms with Gasteiger partial charge in [0.1, 0.15) is 0 Å². The summed E-state index contributed by atoms with van der Waals surface area (Å²) in [4.78, 5) is 55.0. The molecule has 2 amide bonds. The average molecular weight is 464 g/mol. The topological polar surface area (TPSA) is 139 Å². The highest BCUT2D eigenvalue weighted by Gasteiger charge is 2.17. The number of carbonyl (C=O) groups is 2. The molecule has 0 spiro atoms. The lowest BCUT2D eigenvalue weighted by molar-refractivity contribution is -0.121. The number of benzene rings is 1. The van der Waals surface area contributed by atoms with Crippen molar-refractivity contribution in [2.75, 3.05) is 0 Å². The summed E-state index contributed by atoms with van der Waals surface area (Å²) in [5.74, 6) is -4.05. The molecule has 2 aromatic heterocycles. The number of nitrogens with zero attached hydrogens (tertiary/aromatic N) is 3. The van der Waals surface area contributed by atoms with E-state index in [2.05, 4.69) is 25.9 Å². The van der Waals surface area contributed by atoms with Crippen LogP contribution in [-0.4, -0.2) is 37.3 Å². The SMILES string of the molecule is Cc1nc(SC(F)F)[nH]c(=O)c1CCC(=O)NNC(=O)c1nn(C)c(=O)c2ccccc12. The zero-order valence-corrected chi connectivity index (χ0v) is 17.8. The molecule has 0 aliphatic carbocycles. The minimum absolute atomic E-state index is 0.0173. The Bertz CT molecular complexity index is 1310. The summed E-state index contributed by atoms with van der Waals surface area (Å²) >= 11 is 0.118. The molecule has 3 N–H and O–H groups in total. The number of aromatic amines is 1. The lowest BCUT2D eigenvalue weighted by Gasteiger charge is -2.10. The van der Waals surface area contributed by atoms with Crippen molar-refractivity contribution in [3.8, 4) is 0 Å². The highest BCUT2D eigenvalue weighted by molar-refractivity contribution is 7.99. The minimum atomic E-state index is -2.73. The van der Waals surface area contributed by atoms with Gasteiger partial charge in [0, 0.05) is 30.1 Å². The number of H-pyrrole nitrogens is 1. The number of thioether (sulfide) groups is 1. The Morgan fingerprint density at radius 1 is 1.19 bits per heavy atom. The summed E-state index contributed by atoms with van der Waals surface area (Å²) in [5.41, 5.74) is 3.83. The molecule has 1 aromatic carbocycles. The third-order valence-corrected chi connectivity index (χ3v) is 5.09. The number of fused-ring (bicyclic) bond motifs is 1. The first-order valence-electron chi connectivity index (χ1n) is 9.27. The molecule has 32 heavy (non-hydrogen) atoms. The van der Waals surface area contributed by atoms with Crippen molar-refractivity contribution in [2.45, 2.75) is 30.7 Å². The Morgan fingerprint density at radius 3 is 2.53 bits per heavy atom. The van der Waals surface area contributed by atoms with Gasteiger partial charge < -0.3 is 4.98 Å². The predicted molar refractivity (Wildman–Crippen MR) is 112 cm³/mol. The summed E-state index contributed by atoms with van der Waals surface area (Å²) in [6.45, 7) is 1.48. The number of aryl methyl sites for hydroxylation is 2. The maximum Gasteiger partial charge on any atom is 0.291 e. The van der Waals surface area contributed by atoms with Gasteiger partial charge in [0.05, 0.1) is 5.39 Å². The van der Waals surface area contributed by atoms with Crippen molar-refractivity contribution in [2.24, 2.45) is 7.05 Å². The van der Waals surface area contributed by atoms with Gasteiger partial charge in [-0.1, -0.05) is 18.2 Å². The van der Waals surface area contributed by atoms with Gasteiger partial charge in [-0.15, -0.1) is 0 Å². The van der Waals surface area contributed by atoms with E-state index in [9.17, 15) is 28.0 Å². The molecular formula is C19H18F2N6O4S. The fourth-order valence-electron chi connectivity index (χ4n) is 2.97. The number of amides is 2. The molecule has 168 valence electrons. The lowest BCUT2D eigenvalue weighted by atomic mass is 10.1. The molecule has 3 rings (SSSR count). The van der Waals surface area contributed by atoms with E-state index < -0.39 is 23.1 Å². The van der Waals surface area contributed by atoms with Crippen LogP contribution in [-0.2, 0) is 18.3 Å². The molecular weight excluding hydrogens is 446 g/mol. The molecule has 0 fully saturated rings. The van der Waals surface area contributed by atoms with Crippen LogP contribution in [0.3, 0.4) is 0 Å². The van der Waals surface area contributed by atoms with E-state index in [1.54, 1.807) is 24.3 Å². The summed E-state index contributed by atoms with van der Waals surface area (Å²) in [6, 6.07) is 6.44. The number of nitrogens with one attached hydrogen (secondary N) is 3. The fourth-order valence-corrected chi connectivity index (χ4v) is 3.48. The second kappa shape index (κ2) is 9.68. The molecule has 0 saturated carbocycles. The van der Waals surface area contributed by atoms with Gasteiger partial charge in [-0.25, -0.2) is 9.67 Å². The summed E-state index contributed by atoms with van der Waals surface area (Å²) in [6.07, 6.45) is -0.189. The monoisotopic (exact) mass is 464 g/mol. The standard InChI is InChI=1S/C19H18F2N6O4S/c1-9-10(15(29)23-19(22-9)32-18(20)21)7-8-13(28)24-25-16(30)14-11-5-3-4-6-12(11)17(31)27(2)26-14/h3-6,18H,7-8H2,1-2H3,(H,24,28)(H,25,30)(H,22,23,29). The highest BCUT2D eigenvalue weighted by Crippen LogP contribution is 2.21. The van der Waals surface area contributed by atoms with Crippen molar-refractivity contribution >= 4 is 34.3 Å². The number of aromatic nitrogens is 4. The van der Waals surface area contributed by atoms with Gasteiger partial charge >= 0.3 is 0 Å². The summed E-state index contributed by atoms with van der Waals surface area (Å²) in [7, 11) is 1.41. The van der Waals surface area contributed by atoms with Crippen LogP contribution in [0, 0.1) is 6.92 Å². The summed E-state index contributed by atoms with van der Waals surface area (Å²) < 4.78 is 25.9. The Morgan fingerprint density at radius 2 is 1.88 bits per heavy atom. The maximum atomic E-state index is 12.5. The maximum absolute atomic E-state index is 12.5. The number of rotatable bonds is 6. The van der Waals surface area contributed by atoms with E-state index in [4.69, 9.17) is 0 Å². The van der Waals surface area contributed by atoms with Crippen LogP contribution in [0.1, 0.15) is 28.2 Å². The molecule has 3 aromatic rings. The first-order valence-corrected chi connectivity index (χ1v) is 10.1. The van der Waals surface area contributed by atoms with Gasteiger partial charge in [0.15, 0.2) is 10.9 Å². The van der Waals surface area contributed by atoms with Crippen LogP contribution < -0.4 is 22.0 Å². The van der Waals surface area contributed by atoms with Crippen molar-refractivity contribution < 1.29 is 18.4 Å². The van der Waals surface area contributed by atoms with Gasteiger partial charge in [-0.05, 0) is 31.2 Å². The number of hydrazine groups is 1. The van der Waals surface area contributed by atoms with Crippen LogP contribution in [0.15, 0.2) is 39.0 Å². The van der Waals surface area contributed by atoms with E-state index in [1.807, 2.05) is 0 Å². The van der Waals surface area contributed by atoms with Crippen molar-refractivity contribution in [3.05, 3.63) is 61.9 Å². The third kappa shape index (κ3) is 5.17. The Labute approximate surface area is 183 Å². The Kier molecular flexibility index (Phi) is 6.98. The van der Waals surface area contributed by atoms with Gasteiger partial charge in [0.2, 0.25) is 5.91 Å². The zero-order valence-electron chi connectivity index (χ0n) is 16.9. The second-order valence-electron chi connectivity index (χ2n) is 6.64. The molecule has 0 unspecified atom stereocenters. The average Bonchev–Trinajstić information content (AvgIpc) is 2.73. The van der Waals surface area contributed by atoms with Crippen LogP contribution in [0.5, 0.6) is 0 Å². The van der Waals surface area contributed by atoms with Gasteiger partial charge in [0.25, 0.3) is 22.8 Å². The number of halogens is 2. The largest absolute Gasteiger partial charge is 0.301 e. The molecule has 2 heterocycles. The Hall–Kier alpha value is -3.61. The van der Waals surface area contributed by atoms with E-state index in [0.717, 1.165) is 4.68 Å². The molecule has 0 bridgehead atoms. The van der Waals surface area contributed by atoms with Crippen LogP contribution in [0.4, 0.5) is 8.78 Å². The van der Waals surface area contributed by atoms with Gasteiger partial charge in [-0.3, -0.25) is 30.0 Å². The molecule has 0 atom stereocenters. The smallest absolute Gasteiger partial charge is 0.291 e. The van der Waals surface area contributed by atoms with Gasteiger partial charge in [-0.2, -0.15) is 13.9 Å². The summed E-state index contributed by atoms with van der Waals surface area (Å²) in [5, 5.41) is 4.38. The molecule has 13 heteroatoms. The van der Waals surface area contributed by atoms with Crippen LogP contribution in [0.2, 0.25) is 0 Å². The number of carbonyl (C=O) groups excluding carboxylic acids is 2. The first kappa shape index (κ1) is 23.1. The minimum Gasteiger partial charge on any atom is -0.301 e. The van der Waals surface area contributed by atoms with E-state index in [-0.39, 0.29) is 52.3 Å². The fraction of sp³-hybridized carbons (Fsp3) is 0.263. The molecule has 0 saturated heterocycles. The van der Waals surface area contributed by atoms with E-state index in [1.165, 1.54) is 14.0 Å². The van der Waals surface area contributed by atoms with Crippen molar-refractivity contribution in [1.82, 2.24) is 30.6 Å². The zero-order chi connectivity index (χ0) is 23.4. The van der Waals surface area contributed by atoms with E-state index in [0.29, 0.717) is 10.8 Å². The molecule has 10 nitrogen and oxygen atoms in total. The Balaban J connectivity index is 1.65. The molecule has 0 radical (unpaired) electrons. The quantitative estimate of drug-likeness (QED) is 0.281. The predicted octanol–water partition coefficient (Wildman–Crippen LogP) is 1.03. The van der Waals surface area contributed by atoms with Crippen LogP contribution in [0.25, 0.3) is 10.8 Å². The molecule has 0 aliphatic rings. The number of hydrogen-bond donors (Lipinski definition) is 3. The van der Waals surface area contributed by atoms with Crippen LogP contribution >= 0.6 is 11.8 Å². The first-order chi connectivity index (χ1) is 15.2. The third-order valence-electron chi connectivity index (χ3n) is 4.49. The van der Waals surface area contributed by atoms with Crippen molar-refractivity contribution in [1.29, 1.82) is 0 Å². The van der Waals surface area contributed by atoms with Crippen molar-refractivity contribution in [3.63, 3.8) is 0 Å².